The Hall–Kier alpha value is -2.55. The molecule has 0 aliphatic carbocycles. The Labute approximate surface area is 160 Å². The molecule has 8 heteroatoms. The van der Waals surface area contributed by atoms with Gasteiger partial charge in [-0.25, -0.2) is 13.5 Å². The van der Waals surface area contributed by atoms with Crippen molar-refractivity contribution in [2.45, 2.75) is 10.6 Å². The average molecular weight is 399 g/mol. The highest BCUT2D eigenvalue weighted by Gasteiger charge is 2.28. The lowest BCUT2D eigenvalue weighted by atomic mass is 10.0. The maximum absolute atomic E-state index is 13.0. The van der Waals surface area contributed by atoms with Crippen LogP contribution in [0.4, 0.5) is 0 Å². The largest absolute Gasteiger partial charge is 0.268 e. The van der Waals surface area contributed by atoms with Gasteiger partial charge in [-0.3, -0.25) is 4.79 Å². The molecule has 0 saturated carbocycles. The molecule has 6 nitrogen and oxygen atoms in total. The van der Waals surface area contributed by atoms with Gasteiger partial charge in [0.2, 0.25) is 0 Å². The van der Waals surface area contributed by atoms with E-state index in [-0.39, 0.29) is 9.77 Å². The van der Waals surface area contributed by atoms with Crippen molar-refractivity contribution in [1.29, 1.82) is 0 Å². The number of hydrogen-bond acceptors (Lipinski definition) is 5. The predicted octanol–water partition coefficient (Wildman–Crippen LogP) is 2.98. The van der Waals surface area contributed by atoms with Crippen LogP contribution in [0.25, 0.3) is 16.8 Å². The number of rotatable bonds is 4. The fourth-order valence-corrected chi connectivity index (χ4v) is 5.71. The van der Waals surface area contributed by atoms with Crippen molar-refractivity contribution in [2.75, 3.05) is 13.1 Å². The predicted molar refractivity (Wildman–Crippen MR) is 106 cm³/mol. The molecule has 0 atom stereocenters. The first-order valence-corrected chi connectivity index (χ1v) is 10.8. The minimum Gasteiger partial charge on any atom is -0.268 e. The molecule has 1 aromatic carbocycles. The average Bonchev–Trinajstić information content (AvgIpc) is 3.20. The summed E-state index contributed by atoms with van der Waals surface area (Å²) in [6.07, 6.45) is 2.66. The monoisotopic (exact) mass is 399 g/mol. The van der Waals surface area contributed by atoms with Gasteiger partial charge in [0.25, 0.3) is 15.6 Å². The van der Waals surface area contributed by atoms with E-state index in [1.54, 1.807) is 17.5 Å². The molecule has 0 fully saturated rings. The first-order valence-electron chi connectivity index (χ1n) is 8.43. The topological polar surface area (TPSA) is 83.1 Å². The fraction of sp³-hybridized carbons (Fsp3) is 0.158. The Morgan fingerprint density at radius 1 is 1.07 bits per heavy atom. The third kappa shape index (κ3) is 3.64. The molecule has 1 aliphatic rings. The summed E-state index contributed by atoms with van der Waals surface area (Å²) in [5, 5.41) is 8.05. The molecular formula is C19H17N3O3S2. The van der Waals surface area contributed by atoms with Crippen LogP contribution < -0.4 is 5.56 Å². The highest BCUT2D eigenvalue weighted by molar-refractivity contribution is 7.91. The van der Waals surface area contributed by atoms with E-state index in [2.05, 4.69) is 10.2 Å². The van der Waals surface area contributed by atoms with Gasteiger partial charge in [0.05, 0.1) is 5.69 Å². The van der Waals surface area contributed by atoms with Crippen LogP contribution in [0.15, 0.2) is 69.0 Å². The van der Waals surface area contributed by atoms with Crippen molar-refractivity contribution >= 4 is 26.9 Å². The highest BCUT2D eigenvalue weighted by atomic mass is 32.2. The normalized spacial score (nSPS) is 15.5. The summed E-state index contributed by atoms with van der Waals surface area (Å²) >= 11 is 1.16. The third-order valence-corrected chi connectivity index (χ3v) is 7.74. The number of sulfonamides is 1. The molecule has 0 radical (unpaired) electrons. The summed E-state index contributed by atoms with van der Waals surface area (Å²) in [4.78, 5) is 11.1. The van der Waals surface area contributed by atoms with Gasteiger partial charge in [0.1, 0.15) is 4.21 Å². The Kier molecular flexibility index (Phi) is 4.77. The maximum atomic E-state index is 13.0. The zero-order valence-electron chi connectivity index (χ0n) is 14.3. The van der Waals surface area contributed by atoms with Gasteiger partial charge < -0.3 is 0 Å². The molecule has 138 valence electrons. The first kappa shape index (κ1) is 17.8. The Morgan fingerprint density at radius 2 is 1.89 bits per heavy atom. The van der Waals surface area contributed by atoms with Crippen LogP contribution in [0.2, 0.25) is 0 Å². The zero-order chi connectivity index (χ0) is 18.9. The number of nitrogens with one attached hydrogen (secondary N) is 1. The van der Waals surface area contributed by atoms with E-state index >= 15 is 0 Å². The number of aromatic amines is 1. The van der Waals surface area contributed by atoms with Gasteiger partial charge >= 0.3 is 0 Å². The Morgan fingerprint density at radius 3 is 2.56 bits per heavy atom. The van der Waals surface area contributed by atoms with E-state index in [0.717, 1.165) is 16.9 Å². The molecule has 3 heterocycles. The molecule has 4 rings (SSSR count). The quantitative estimate of drug-likeness (QED) is 0.731. The number of hydrogen-bond donors (Lipinski definition) is 1. The number of H-pyrrole nitrogens is 1. The number of benzene rings is 1. The van der Waals surface area contributed by atoms with Crippen LogP contribution in [0.1, 0.15) is 12.0 Å². The standard InChI is InChI=1S/C19H17N3O3S2/c23-18-7-6-17(20-21-18)16-12-19(26-13-16)27(24,25)22-10-8-15(9-11-22)14-4-2-1-3-5-14/h1-8,12-13H,9-11H2,(H,21,23). The molecule has 0 saturated heterocycles. The van der Waals surface area contributed by atoms with Gasteiger partial charge in [0, 0.05) is 30.1 Å². The van der Waals surface area contributed by atoms with Crippen LogP contribution in [0, 0.1) is 0 Å². The molecular weight excluding hydrogens is 382 g/mol. The van der Waals surface area contributed by atoms with Gasteiger partial charge in [-0.2, -0.15) is 9.40 Å². The van der Waals surface area contributed by atoms with Crippen molar-refractivity contribution in [3.05, 3.63) is 75.9 Å². The molecule has 0 unspecified atom stereocenters. The van der Waals surface area contributed by atoms with E-state index in [1.165, 1.54) is 15.9 Å². The van der Waals surface area contributed by atoms with Crippen molar-refractivity contribution < 1.29 is 8.42 Å². The second kappa shape index (κ2) is 7.22. The van der Waals surface area contributed by atoms with Crippen LogP contribution >= 0.6 is 11.3 Å². The summed E-state index contributed by atoms with van der Waals surface area (Å²) in [5.74, 6) is 0. The van der Waals surface area contributed by atoms with E-state index in [1.807, 2.05) is 36.4 Å². The van der Waals surface area contributed by atoms with Crippen molar-refractivity contribution in [1.82, 2.24) is 14.5 Å². The summed E-state index contributed by atoms with van der Waals surface area (Å²) in [5.41, 5.74) is 3.23. The first-order chi connectivity index (χ1) is 13.0. The van der Waals surface area contributed by atoms with E-state index < -0.39 is 10.0 Å². The Bertz CT molecular complexity index is 1130. The molecule has 27 heavy (non-hydrogen) atoms. The lowest BCUT2D eigenvalue weighted by Gasteiger charge is -2.25. The number of nitrogens with zero attached hydrogens (tertiary/aromatic N) is 2. The van der Waals surface area contributed by atoms with E-state index in [9.17, 15) is 13.2 Å². The summed E-state index contributed by atoms with van der Waals surface area (Å²) in [6, 6.07) is 14.6. The van der Waals surface area contributed by atoms with Crippen molar-refractivity contribution in [3.8, 4) is 11.3 Å². The van der Waals surface area contributed by atoms with Gasteiger partial charge in [0.15, 0.2) is 0 Å². The number of aromatic nitrogens is 2. The minimum absolute atomic E-state index is 0.280. The molecule has 1 N–H and O–H groups in total. The molecule has 0 bridgehead atoms. The van der Waals surface area contributed by atoms with E-state index in [4.69, 9.17) is 0 Å². The smallest absolute Gasteiger partial charge is 0.264 e. The minimum atomic E-state index is -3.56. The number of thiophene rings is 1. The second-order valence-corrected chi connectivity index (χ2v) is 9.25. The molecule has 3 aromatic rings. The van der Waals surface area contributed by atoms with Crippen LogP contribution in [0.5, 0.6) is 0 Å². The summed E-state index contributed by atoms with van der Waals surface area (Å²) < 4.78 is 27.7. The van der Waals surface area contributed by atoms with Gasteiger partial charge in [-0.05, 0) is 29.7 Å². The fourth-order valence-electron chi connectivity index (χ4n) is 3.00. The molecule has 1 aliphatic heterocycles. The maximum Gasteiger partial charge on any atom is 0.264 e. The van der Waals surface area contributed by atoms with Gasteiger partial charge in [-0.15, -0.1) is 11.3 Å². The third-order valence-electron chi connectivity index (χ3n) is 4.46. The van der Waals surface area contributed by atoms with Gasteiger partial charge in [-0.1, -0.05) is 36.4 Å². The Balaban J connectivity index is 1.55. The van der Waals surface area contributed by atoms with Crippen LogP contribution in [-0.4, -0.2) is 36.0 Å². The molecule has 2 aromatic heterocycles. The van der Waals surface area contributed by atoms with Crippen LogP contribution in [0.3, 0.4) is 0 Å². The lowest BCUT2D eigenvalue weighted by Crippen LogP contribution is -2.34. The second-order valence-electron chi connectivity index (χ2n) is 6.17. The van der Waals surface area contributed by atoms with E-state index in [0.29, 0.717) is 30.8 Å². The molecule has 0 amide bonds. The lowest BCUT2D eigenvalue weighted by molar-refractivity contribution is 0.442. The summed E-state index contributed by atoms with van der Waals surface area (Å²) in [6.45, 7) is 0.809. The highest BCUT2D eigenvalue weighted by Crippen LogP contribution is 2.31. The molecule has 0 spiro atoms. The zero-order valence-corrected chi connectivity index (χ0v) is 16.0. The van der Waals surface area contributed by atoms with Crippen LogP contribution in [-0.2, 0) is 10.0 Å². The van der Waals surface area contributed by atoms with Crippen molar-refractivity contribution in [2.24, 2.45) is 0 Å². The SMILES string of the molecule is O=c1ccc(-c2csc(S(=O)(=O)N3CC=C(c4ccccc4)CC3)c2)n[nH]1. The summed E-state index contributed by atoms with van der Waals surface area (Å²) in [7, 11) is -3.56. The van der Waals surface area contributed by atoms with Crippen molar-refractivity contribution in [3.63, 3.8) is 0 Å².